The summed E-state index contributed by atoms with van der Waals surface area (Å²) in [7, 11) is 3.49. The van der Waals surface area contributed by atoms with Gasteiger partial charge in [-0.2, -0.15) is 0 Å². The lowest BCUT2D eigenvalue weighted by atomic mass is 10.2. The number of aryl methyl sites for hydroxylation is 1. The number of nitrogens with zero attached hydrogens (tertiary/aromatic N) is 4. The van der Waals surface area contributed by atoms with Gasteiger partial charge in [0.15, 0.2) is 18.9 Å². The lowest BCUT2D eigenvalue weighted by Gasteiger charge is -2.08. The van der Waals surface area contributed by atoms with Crippen molar-refractivity contribution in [3.8, 4) is 17.1 Å². The first-order chi connectivity index (χ1) is 15.1. The fraction of sp³-hybridized carbons (Fsp3) is 0.217. The van der Waals surface area contributed by atoms with Crippen molar-refractivity contribution in [2.45, 2.75) is 13.5 Å². The molecule has 2 N–H and O–H groups in total. The summed E-state index contributed by atoms with van der Waals surface area (Å²) in [6.45, 7) is 3.27. The van der Waals surface area contributed by atoms with E-state index in [0.717, 1.165) is 22.5 Å². The number of hydrogen-bond donors (Lipinski definition) is 2. The number of rotatable bonds is 7. The largest absolute Gasteiger partial charge is 0.481 e. The van der Waals surface area contributed by atoms with Crippen molar-refractivity contribution in [2.75, 3.05) is 26.0 Å². The van der Waals surface area contributed by atoms with Gasteiger partial charge < -0.3 is 15.4 Å². The number of pyridine rings is 3. The molecule has 0 aliphatic carbocycles. The fourth-order valence-corrected chi connectivity index (χ4v) is 3.55. The number of imidazole rings is 1. The highest BCUT2D eigenvalue weighted by Crippen LogP contribution is 2.28. The first-order valence-corrected chi connectivity index (χ1v) is 10.0. The summed E-state index contributed by atoms with van der Waals surface area (Å²) in [6, 6.07) is 9.37. The molecule has 0 atom stereocenters. The number of ether oxygens (including phenoxy) is 1. The minimum atomic E-state index is -0.129. The van der Waals surface area contributed by atoms with Gasteiger partial charge in [-0.1, -0.05) is 0 Å². The van der Waals surface area contributed by atoms with Crippen LogP contribution in [0.25, 0.3) is 16.9 Å². The topological polar surface area (TPSA) is 84.4 Å². The van der Waals surface area contributed by atoms with Crippen LogP contribution in [-0.4, -0.2) is 41.0 Å². The van der Waals surface area contributed by atoms with Crippen LogP contribution in [0.5, 0.6) is 5.88 Å². The maximum atomic E-state index is 12.6. The Bertz CT molecular complexity index is 1230. The highest BCUT2D eigenvalue weighted by molar-refractivity contribution is 5.95. The molecule has 8 heteroatoms. The second kappa shape index (κ2) is 8.83. The predicted molar refractivity (Wildman–Crippen MR) is 118 cm³/mol. The number of carbonyl (C=O) groups excluding carboxylic acids is 1. The van der Waals surface area contributed by atoms with Crippen molar-refractivity contribution in [2.24, 2.45) is 0 Å². The van der Waals surface area contributed by atoms with Gasteiger partial charge in [-0.05, 0) is 31.2 Å². The molecule has 31 heavy (non-hydrogen) atoms. The van der Waals surface area contributed by atoms with Crippen LogP contribution in [0, 0.1) is 6.92 Å². The van der Waals surface area contributed by atoms with Gasteiger partial charge in [-0.25, -0.2) is 14.5 Å². The van der Waals surface area contributed by atoms with Gasteiger partial charge in [0.25, 0.3) is 5.91 Å². The van der Waals surface area contributed by atoms with Crippen LogP contribution in [0.4, 0.5) is 5.69 Å². The maximum absolute atomic E-state index is 12.6. The van der Waals surface area contributed by atoms with Crippen molar-refractivity contribution >= 4 is 17.2 Å². The number of anilines is 1. The van der Waals surface area contributed by atoms with Crippen LogP contribution in [0.3, 0.4) is 0 Å². The van der Waals surface area contributed by atoms with E-state index in [1.165, 1.54) is 0 Å². The number of hydrogen-bond acceptors (Lipinski definition) is 5. The summed E-state index contributed by atoms with van der Waals surface area (Å²) in [6.07, 6.45) is 9.33. The van der Waals surface area contributed by atoms with E-state index >= 15 is 0 Å². The number of amides is 1. The van der Waals surface area contributed by atoms with E-state index in [1.54, 1.807) is 31.6 Å². The smallest absolute Gasteiger partial charge is 0.251 e. The Morgan fingerprint density at radius 1 is 1.26 bits per heavy atom. The van der Waals surface area contributed by atoms with Crippen LogP contribution in [0.15, 0.2) is 61.3 Å². The molecule has 0 bridgehead atoms. The van der Waals surface area contributed by atoms with Gasteiger partial charge in [-0.3, -0.25) is 9.20 Å². The molecule has 0 unspecified atom stereocenters. The highest BCUT2D eigenvalue weighted by Gasteiger charge is 2.14. The molecule has 0 aromatic carbocycles. The zero-order chi connectivity index (χ0) is 21.8. The van der Waals surface area contributed by atoms with Crippen molar-refractivity contribution in [1.29, 1.82) is 0 Å². The summed E-state index contributed by atoms with van der Waals surface area (Å²) < 4.78 is 9.33. The van der Waals surface area contributed by atoms with Gasteiger partial charge in [0, 0.05) is 42.3 Å². The van der Waals surface area contributed by atoms with Crippen LogP contribution in [0.2, 0.25) is 0 Å². The first kappa shape index (κ1) is 20.3. The third-order valence-corrected chi connectivity index (χ3v) is 5.16. The molecule has 0 radical (unpaired) electrons. The zero-order valence-electron chi connectivity index (χ0n) is 17.8. The fourth-order valence-electron chi connectivity index (χ4n) is 3.55. The van der Waals surface area contributed by atoms with Crippen molar-refractivity contribution in [1.82, 2.24) is 19.7 Å². The summed E-state index contributed by atoms with van der Waals surface area (Å²) in [4.78, 5) is 21.3. The molecule has 0 fully saturated rings. The molecule has 1 amide bonds. The average Bonchev–Trinajstić information content (AvgIpc) is 3.22. The molecule has 4 rings (SSSR count). The van der Waals surface area contributed by atoms with Crippen molar-refractivity contribution in [3.05, 3.63) is 72.4 Å². The summed E-state index contributed by atoms with van der Waals surface area (Å²) in [5.74, 6) is 0.400. The van der Waals surface area contributed by atoms with E-state index in [2.05, 4.69) is 38.3 Å². The monoisotopic (exact) mass is 417 g/mol. The summed E-state index contributed by atoms with van der Waals surface area (Å²) in [5.41, 5.74) is 5.18. The number of methoxy groups -OCH3 is 1. The third-order valence-electron chi connectivity index (χ3n) is 5.16. The number of nitrogens with one attached hydrogen (secondary N) is 2. The molecule has 0 saturated heterocycles. The van der Waals surface area contributed by atoms with Crippen molar-refractivity contribution < 1.29 is 14.1 Å². The second-order valence-corrected chi connectivity index (χ2v) is 7.13. The Balaban J connectivity index is 1.46. The van der Waals surface area contributed by atoms with E-state index in [4.69, 9.17) is 4.74 Å². The predicted octanol–water partition coefficient (Wildman–Crippen LogP) is 2.47. The van der Waals surface area contributed by atoms with Gasteiger partial charge in [0.05, 0.1) is 31.1 Å². The van der Waals surface area contributed by atoms with Gasteiger partial charge in [-0.15, -0.1) is 0 Å². The molecule has 8 nitrogen and oxygen atoms in total. The quantitative estimate of drug-likeness (QED) is 0.452. The minimum Gasteiger partial charge on any atom is -0.481 e. The average molecular weight is 417 g/mol. The lowest BCUT2D eigenvalue weighted by Crippen LogP contribution is -2.40. The zero-order valence-corrected chi connectivity index (χ0v) is 17.8. The SMILES string of the molecule is CNc1cc[n+](CCNC(=O)c2ccn3c(-c4cccnc4OC)cnc3c2)cc1C. The molecule has 0 aliphatic rings. The Morgan fingerprint density at radius 2 is 2.13 bits per heavy atom. The van der Waals surface area contributed by atoms with E-state index in [0.29, 0.717) is 30.2 Å². The third kappa shape index (κ3) is 4.18. The van der Waals surface area contributed by atoms with Gasteiger partial charge in [0.1, 0.15) is 5.65 Å². The van der Waals surface area contributed by atoms with Crippen LogP contribution in [-0.2, 0) is 6.54 Å². The van der Waals surface area contributed by atoms with Crippen LogP contribution >= 0.6 is 0 Å². The van der Waals surface area contributed by atoms with Crippen LogP contribution in [0.1, 0.15) is 15.9 Å². The molecule has 4 aromatic heterocycles. The number of fused-ring (bicyclic) bond motifs is 1. The van der Waals surface area contributed by atoms with E-state index in [1.807, 2.05) is 42.0 Å². The van der Waals surface area contributed by atoms with Crippen molar-refractivity contribution in [3.63, 3.8) is 0 Å². The number of aromatic nitrogens is 4. The Morgan fingerprint density at radius 3 is 2.90 bits per heavy atom. The molecular weight excluding hydrogens is 392 g/mol. The molecule has 158 valence electrons. The maximum Gasteiger partial charge on any atom is 0.251 e. The minimum absolute atomic E-state index is 0.129. The molecular formula is C23H25N6O2+. The second-order valence-electron chi connectivity index (χ2n) is 7.13. The van der Waals surface area contributed by atoms with Gasteiger partial charge >= 0.3 is 0 Å². The lowest BCUT2D eigenvalue weighted by molar-refractivity contribution is -0.695. The first-order valence-electron chi connectivity index (χ1n) is 10.0. The number of carbonyl (C=O) groups is 1. The Labute approximate surface area is 180 Å². The molecule has 4 heterocycles. The standard InChI is InChI=1S/C23H24N6O2/c1-16-15-28(10-7-19(16)24-2)12-9-25-22(30)17-6-11-29-20(14-27-21(29)13-17)18-5-4-8-26-23(18)31-3/h4-8,10-11,13-15H,9,12H2,1-3H3,(H,25,30)/p+1. The Hall–Kier alpha value is -3.94. The summed E-state index contributed by atoms with van der Waals surface area (Å²) in [5, 5.41) is 6.12. The van der Waals surface area contributed by atoms with Gasteiger partial charge in [0.2, 0.25) is 5.88 Å². The van der Waals surface area contributed by atoms with E-state index in [9.17, 15) is 4.79 Å². The summed E-state index contributed by atoms with van der Waals surface area (Å²) >= 11 is 0. The van der Waals surface area contributed by atoms with Crippen LogP contribution < -0.4 is 19.9 Å². The molecule has 0 aliphatic heterocycles. The molecule has 0 saturated carbocycles. The van der Waals surface area contributed by atoms with E-state index < -0.39 is 0 Å². The molecule has 4 aromatic rings. The Kier molecular flexibility index (Phi) is 5.79. The highest BCUT2D eigenvalue weighted by atomic mass is 16.5. The normalized spacial score (nSPS) is 10.8. The molecule has 0 spiro atoms. The van der Waals surface area contributed by atoms with E-state index in [-0.39, 0.29) is 5.91 Å².